The molecule has 0 fully saturated rings. The van der Waals surface area contributed by atoms with Crippen LogP contribution in [0.25, 0.3) is 11.3 Å². The standard InChI is InChI=1S/C13H7Cl3FNO2/c14-7-4-8(15)12(9(16)5-7)13-6(3-11(19)20)1-2-10(17)18-13/h1-2,4-5H,3H2,(H,19,20). The highest BCUT2D eigenvalue weighted by atomic mass is 35.5. The molecule has 0 saturated heterocycles. The minimum atomic E-state index is -1.07. The Labute approximate surface area is 128 Å². The molecule has 0 bridgehead atoms. The Balaban J connectivity index is 2.68. The number of benzene rings is 1. The smallest absolute Gasteiger partial charge is 0.307 e. The van der Waals surface area contributed by atoms with E-state index >= 15 is 0 Å². The van der Waals surface area contributed by atoms with Crippen molar-refractivity contribution >= 4 is 40.8 Å². The second kappa shape index (κ2) is 5.95. The second-order valence-electron chi connectivity index (χ2n) is 3.96. The molecule has 0 unspecified atom stereocenters. The molecule has 0 spiro atoms. The van der Waals surface area contributed by atoms with Gasteiger partial charge >= 0.3 is 5.97 Å². The van der Waals surface area contributed by atoms with Crippen LogP contribution in [-0.2, 0) is 11.2 Å². The fourth-order valence-electron chi connectivity index (χ4n) is 1.75. The highest BCUT2D eigenvalue weighted by Gasteiger charge is 2.17. The molecule has 20 heavy (non-hydrogen) atoms. The van der Waals surface area contributed by atoms with Gasteiger partial charge in [0.1, 0.15) is 0 Å². The summed E-state index contributed by atoms with van der Waals surface area (Å²) < 4.78 is 13.3. The predicted molar refractivity (Wildman–Crippen MR) is 76.0 cm³/mol. The van der Waals surface area contributed by atoms with E-state index in [4.69, 9.17) is 39.9 Å². The largest absolute Gasteiger partial charge is 0.481 e. The van der Waals surface area contributed by atoms with Gasteiger partial charge in [-0.25, -0.2) is 4.98 Å². The maximum Gasteiger partial charge on any atom is 0.307 e. The quantitative estimate of drug-likeness (QED) is 0.842. The Morgan fingerprint density at radius 2 is 1.80 bits per heavy atom. The van der Waals surface area contributed by atoms with Gasteiger partial charge in [0.25, 0.3) is 0 Å². The molecule has 1 heterocycles. The SMILES string of the molecule is O=C(O)Cc1ccc(F)nc1-c1c(Cl)cc(Cl)cc1Cl. The highest BCUT2D eigenvalue weighted by Crippen LogP contribution is 2.38. The third-order valence-electron chi connectivity index (χ3n) is 2.53. The number of halogens is 4. The number of carbonyl (C=O) groups is 1. The van der Waals surface area contributed by atoms with Gasteiger partial charge < -0.3 is 5.11 Å². The van der Waals surface area contributed by atoms with Gasteiger partial charge in [0.15, 0.2) is 0 Å². The van der Waals surface area contributed by atoms with Crippen LogP contribution in [0.2, 0.25) is 15.1 Å². The molecule has 2 rings (SSSR count). The molecule has 0 radical (unpaired) electrons. The van der Waals surface area contributed by atoms with Gasteiger partial charge in [0.2, 0.25) is 5.95 Å². The first kappa shape index (κ1) is 15.0. The van der Waals surface area contributed by atoms with E-state index in [2.05, 4.69) is 4.98 Å². The van der Waals surface area contributed by atoms with Crippen LogP contribution in [0, 0.1) is 5.95 Å². The first-order valence-corrected chi connectivity index (χ1v) is 6.54. The van der Waals surface area contributed by atoms with Crippen LogP contribution in [0.4, 0.5) is 4.39 Å². The molecule has 2 aromatic rings. The van der Waals surface area contributed by atoms with Crippen LogP contribution in [-0.4, -0.2) is 16.1 Å². The van der Waals surface area contributed by atoms with Crippen molar-refractivity contribution in [3.05, 3.63) is 50.8 Å². The summed E-state index contributed by atoms with van der Waals surface area (Å²) >= 11 is 17.9. The zero-order valence-corrected chi connectivity index (χ0v) is 12.1. The number of hydrogen-bond acceptors (Lipinski definition) is 2. The maximum absolute atomic E-state index is 13.3. The van der Waals surface area contributed by atoms with Gasteiger partial charge in [0.05, 0.1) is 22.2 Å². The van der Waals surface area contributed by atoms with Crippen molar-refractivity contribution < 1.29 is 14.3 Å². The third kappa shape index (κ3) is 3.20. The van der Waals surface area contributed by atoms with Crippen molar-refractivity contribution in [1.29, 1.82) is 0 Å². The highest BCUT2D eigenvalue weighted by molar-refractivity contribution is 6.41. The van der Waals surface area contributed by atoms with Crippen molar-refractivity contribution in [3.63, 3.8) is 0 Å². The van der Waals surface area contributed by atoms with Crippen LogP contribution in [0.3, 0.4) is 0 Å². The molecule has 1 aromatic carbocycles. The van der Waals surface area contributed by atoms with Crippen molar-refractivity contribution in [2.24, 2.45) is 0 Å². The average molecular weight is 335 g/mol. The Morgan fingerprint density at radius 3 is 2.35 bits per heavy atom. The van der Waals surface area contributed by atoms with Gasteiger partial charge in [-0.3, -0.25) is 4.79 Å². The number of aliphatic carboxylic acids is 1. The normalized spacial score (nSPS) is 10.6. The lowest BCUT2D eigenvalue weighted by molar-refractivity contribution is -0.136. The molecule has 3 nitrogen and oxygen atoms in total. The summed E-state index contributed by atoms with van der Waals surface area (Å²) in [6.45, 7) is 0. The lowest BCUT2D eigenvalue weighted by Crippen LogP contribution is -2.04. The maximum atomic E-state index is 13.3. The van der Waals surface area contributed by atoms with Gasteiger partial charge in [-0.05, 0) is 23.8 Å². The van der Waals surface area contributed by atoms with Gasteiger partial charge in [-0.15, -0.1) is 0 Å². The Bertz CT molecular complexity index is 668. The first-order valence-electron chi connectivity index (χ1n) is 5.40. The summed E-state index contributed by atoms with van der Waals surface area (Å²) in [4.78, 5) is 14.6. The van der Waals surface area contributed by atoms with Crippen LogP contribution >= 0.6 is 34.8 Å². The minimum absolute atomic E-state index is 0.0964. The number of rotatable bonds is 3. The van der Waals surface area contributed by atoms with E-state index in [9.17, 15) is 9.18 Å². The lowest BCUT2D eigenvalue weighted by Gasteiger charge is -2.11. The van der Waals surface area contributed by atoms with Crippen molar-refractivity contribution in [3.8, 4) is 11.3 Å². The topological polar surface area (TPSA) is 50.2 Å². The number of carboxylic acids is 1. The molecule has 7 heteroatoms. The summed E-state index contributed by atoms with van der Waals surface area (Å²) in [7, 11) is 0. The number of carboxylic acid groups (broad SMARTS) is 1. The number of nitrogens with zero attached hydrogens (tertiary/aromatic N) is 1. The van der Waals surface area contributed by atoms with E-state index < -0.39 is 11.9 Å². The molecule has 0 atom stereocenters. The van der Waals surface area contributed by atoms with Crippen LogP contribution in [0.1, 0.15) is 5.56 Å². The summed E-state index contributed by atoms with van der Waals surface area (Å²) in [5.74, 6) is -1.82. The number of aromatic nitrogens is 1. The average Bonchev–Trinajstić information content (AvgIpc) is 2.30. The molecule has 1 aromatic heterocycles. The van der Waals surface area contributed by atoms with Crippen molar-refractivity contribution in [2.45, 2.75) is 6.42 Å². The molecular weight excluding hydrogens is 328 g/mol. The number of pyridine rings is 1. The van der Waals surface area contributed by atoms with Gasteiger partial charge in [-0.2, -0.15) is 4.39 Å². The molecule has 0 aliphatic rings. The van der Waals surface area contributed by atoms with Gasteiger partial charge in [0, 0.05) is 10.6 Å². The zero-order chi connectivity index (χ0) is 14.9. The monoisotopic (exact) mass is 333 g/mol. The van der Waals surface area contributed by atoms with E-state index in [1.165, 1.54) is 18.2 Å². The lowest BCUT2D eigenvalue weighted by atomic mass is 10.0. The summed E-state index contributed by atoms with van der Waals surface area (Å²) in [6.07, 6.45) is -0.322. The number of hydrogen-bond donors (Lipinski definition) is 1. The van der Waals surface area contributed by atoms with E-state index in [1.807, 2.05) is 0 Å². The fourth-order valence-corrected chi connectivity index (χ4v) is 2.75. The third-order valence-corrected chi connectivity index (χ3v) is 3.34. The zero-order valence-electron chi connectivity index (χ0n) is 9.83. The Morgan fingerprint density at radius 1 is 1.20 bits per heavy atom. The van der Waals surface area contributed by atoms with Crippen LogP contribution < -0.4 is 0 Å². The molecule has 0 saturated carbocycles. The molecule has 0 aliphatic carbocycles. The second-order valence-corrected chi connectivity index (χ2v) is 5.21. The molecule has 0 aliphatic heterocycles. The first-order chi connectivity index (χ1) is 9.38. The van der Waals surface area contributed by atoms with E-state index in [0.717, 1.165) is 6.07 Å². The van der Waals surface area contributed by atoms with Crippen molar-refractivity contribution in [2.75, 3.05) is 0 Å². The van der Waals surface area contributed by atoms with Crippen LogP contribution in [0.5, 0.6) is 0 Å². The summed E-state index contributed by atoms with van der Waals surface area (Å²) in [5.41, 5.74) is 0.664. The Kier molecular flexibility index (Phi) is 4.48. The molecule has 0 amide bonds. The van der Waals surface area contributed by atoms with E-state index in [-0.39, 0.29) is 27.7 Å². The minimum Gasteiger partial charge on any atom is -0.481 e. The predicted octanol–water partition coefficient (Wildman–Crippen LogP) is 4.48. The summed E-state index contributed by atoms with van der Waals surface area (Å²) in [6, 6.07) is 5.29. The Hall–Kier alpha value is -1.36. The van der Waals surface area contributed by atoms with E-state index in [0.29, 0.717) is 10.6 Å². The van der Waals surface area contributed by atoms with Crippen LogP contribution in [0.15, 0.2) is 24.3 Å². The molecular formula is C13H7Cl3FNO2. The molecule has 1 N–H and O–H groups in total. The van der Waals surface area contributed by atoms with Crippen molar-refractivity contribution in [1.82, 2.24) is 4.98 Å². The molecule has 104 valence electrons. The summed E-state index contributed by atoms with van der Waals surface area (Å²) in [5, 5.41) is 9.55. The van der Waals surface area contributed by atoms with Gasteiger partial charge in [-0.1, -0.05) is 40.9 Å². The van der Waals surface area contributed by atoms with E-state index in [1.54, 1.807) is 0 Å². The fraction of sp³-hybridized carbons (Fsp3) is 0.0769.